The Hall–Kier alpha value is -1.42. The summed E-state index contributed by atoms with van der Waals surface area (Å²) < 4.78 is 0. The highest BCUT2D eigenvalue weighted by atomic mass is 35.5. The molecule has 3 rings (SSSR count). The van der Waals surface area contributed by atoms with E-state index in [-0.39, 0.29) is 10.6 Å². The van der Waals surface area contributed by atoms with Gasteiger partial charge in [-0.05, 0) is 40.7 Å². The Bertz CT molecular complexity index is 754. The first-order valence-corrected chi connectivity index (χ1v) is 6.53. The maximum Gasteiger partial charge on any atom is 0.227 e. The van der Waals surface area contributed by atoms with E-state index in [9.17, 15) is 0 Å². The summed E-state index contributed by atoms with van der Waals surface area (Å²) in [6.45, 7) is 0. The van der Waals surface area contributed by atoms with Gasteiger partial charge in [-0.25, -0.2) is 0 Å². The number of hydrogen-bond acceptors (Lipinski definition) is 3. The highest BCUT2D eigenvalue weighted by molar-refractivity contribution is 6.36. The van der Waals surface area contributed by atoms with Crippen LogP contribution in [0.1, 0.15) is 0 Å². The molecular weight excluding hydrogens is 305 g/mol. The van der Waals surface area contributed by atoms with Crippen LogP contribution in [0.25, 0.3) is 22.2 Å². The molecule has 0 aliphatic carbocycles. The predicted octanol–water partition coefficient (Wildman–Crippen LogP) is 4.65. The normalized spacial score (nSPS) is 10.9. The molecule has 0 saturated carbocycles. The van der Waals surface area contributed by atoms with E-state index in [4.69, 9.17) is 34.8 Å². The Morgan fingerprint density at radius 3 is 2.00 bits per heavy atom. The summed E-state index contributed by atoms with van der Waals surface area (Å²) >= 11 is 17.8. The van der Waals surface area contributed by atoms with Crippen LogP contribution in [0.3, 0.4) is 0 Å². The van der Waals surface area contributed by atoms with E-state index in [2.05, 4.69) is 15.0 Å². The number of fused-ring (bicyclic) bond motifs is 1. The highest BCUT2D eigenvalue weighted by Crippen LogP contribution is 2.31. The summed E-state index contributed by atoms with van der Waals surface area (Å²) in [4.78, 5) is 11.9. The minimum absolute atomic E-state index is 0.0639. The van der Waals surface area contributed by atoms with Crippen LogP contribution in [-0.4, -0.2) is 15.0 Å². The molecule has 1 aromatic heterocycles. The fourth-order valence-corrected chi connectivity index (χ4v) is 2.49. The van der Waals surface area contributed by atoms with E-state index < -0.39 is 0 Å². The van der Waals surface area contributed by atoms with Crippen molar-refractivity contribution in [2.45, 2.75) is 0 Å². The first kappa shape index (κ1) is 12.6. The van der Waals surface area contributed by atoms with Crippen molar-refractivity contribution in [3.05, 3.63) is 52.0 Å². The minimum atomic E-state index is 0.0639. The smallest absolute Gasteiger partial charge is 0.198 e. The lowest BCUT2D eigenvalue weighted by Crippen LogP contribution is -1.94. The molecule has 0 radical (unpaired) electrons. The van der Waals surface area contributed by atoms with Crippen molar-refractivity contribution in [3.8, 4) is 11.4 Å². The lowest BCUT2D eigenvalue weighted by Gasteiger charge is -2.07. The van der Waals surface area contributed by atoms with Crippen LogP contribution in [0.2, 0.25) is 15.6 Å². The number of aromatic nitrogens is 3. The van der Waals surface area contributed by atoms with Crippen LogP contribution < -0.4 is 0 Å². The molecule has 0 spiro atoms. The van der Waals surface area contributed by atoms with Gasteiger partial charge in [0, 0.05) is 16.0 Å². The van der Waals surface area contributed by atoms with Gasteiger partial charge in [0.15, 0.2) is 5.82 Å². The third-order valence-corrected chi connectivity index (χ3v) is 3.36. The molecular formula is C13H6Cl3N3. The standard InChI is InChI=1S/C13H6Cl3N3/c14-10-6-5-9(7-3-1-2-4-8(7)10)11-17-12(15)19-13(16)18-11/h1-6H. The first-order chi connectivity index (χ1) is 9.15. The zero-order valence-corrected chi connectivity index (χ0v) is 11.7. The van der Waals surface area contributed by atoms with Gasteiger partial charge in [-0.2, -0.15) is 15.0 Å². The van der Waals surface area contributed by atoms with Crippen molar-refractivity contribution < 1.29 is 0 Å². The van der Waals surface area contributed by atoms with Crippen molar-refractivity contribution in [1.82, 2.24) is 15.0 Å². The quantitative estimate of drug-likeness (QED) is 0.656. The first-order valence-electron chi connectivity index (χ1n) is 5.40. The zero-order chi connectivity index (χ0) is 13.4. The Morgan fingerprint density at radius 1 is 0.684 bits per heavy atom. The second kappa shape index (κ2) is 4.93. The molecule has 19 heavy (non-hydrogen) atoms. The molecule has 0 N–H and O–H groups in total. The van der Waals surface area contributed by atoms with E-state index in [1.54, 1.807) is 6.07 Å². The largest absolute Gasteiger partial charge is 0.227 e. The van der Waals surface area contributed by atoms with Crippen LogP contribution in [0.4, 0.5) is 0 Å². The van der Waals surface area contributed by atoms with Gasteiger partial charge in [-0.15, -0.1) is 0 Å². The van der Waals surface area contributed by atoms with Gasteiger partial charge >= 0.3 is 0 Å². The third-order valence-electron chi connectivity index (χ3n) is 2.69. The maximum absolute atomic E-state index is 6.17. The molecule has 0 unspecified atom stereocenters. The van der Waals surface area contributed by atoms with Gasteiger partial charge in [0.25, 0.3) is 0 Å². The summed E-state index contributed by atoms with van der Waals surface area (Å²) in [6.07, 6.45) is 0. The molecule has 0 aliphatic rings. The van der Waals surface area contributed by atoms with Crippen molar-refractivity contribution >= 4 is 45.6 Å². The van der Waals surface area contributed by atoms with Crippen LogP contribution in [0.5, 0.6) is 0 Å². The Kier molecular flexibility index (Phi) is 3.27. The van der Waals surface area contributed by atoms with Gasteiger partial charge in [-0.1, -0.05) is 35.9 Å². The van der Waals surface area contributed by atoms with E-state index in [0.29, 0.717) is 10.8 Å². The number of rotatable bonds is 1. The number of benzene rings is 2. The van der Waals surface area contributed by atoms with Gasteiger partial charge in [0.05, 0.1) is 0 Å². The van der Waals surface area contributed by atoms with Gasteiger partial charge < -0.3 is 0 Å². The average Bonchev–Trinajstić information content (AvgIpc) is 2.38. The van der Waals surface area contributed by atoms with E-state index >= 15 is 0 Å². The summed E-state index contributed by atoms with van der Waals surface area (Å²) in [5, 5.41) is 2.66. The third kappa shape index (κ3) is 2.37. The molecule has 94 valence electrons. The fourth-order valence-electron chi connectivity index (χ4n) is 1.90. The monoisotopic (exact) mass is 309 g/mol. The lowest BCUT2D eigenvalue weighted by molar-refractivity contribution is 1.06. The Morgan fingerprint density at radius 2 is 1.32 bits per heavy atom. The molecule has 0 bridgehead atoms. The van der Waals surface area contributed by atoms with Crippen LogP contribution >= 0.6 is 34.8 Å². The van der Waals surface area contributed by atoms with Crippen molar-refractivity contribution in [2.24, 2.45) is 0 Å². The Labute approximate surface area is 124 Å². The number of nitrogens with zero attached hydrogens (tertiary/aromatic N) is 3. The SMILES string of the molecule is Clc1nc(Cl)nc(-c2ccc(Cl)c3ccccc23)n1. The van der Waals surface area contributed by atoms with Crippen LogP contribution in [-0.2, 0) is 0 Å². The Balaban J connectivity index is 2.34. The highest BCUT2D eigenvalue weighted by Gasteiger charge is 2.11. The topological polar surface area (TPSA) is 38.7 Å². The predicted molar refractivity (Wildman–Crippen MR) is 77.8 cm³/mol. The molecule has 6 heteroatoms. The van der Waals surface area contributed by atoms with Crippen molar-refractivity contribution in [3.63, 3.8) is 0 Å². The molecule has 1 heterocycles. The fraction of sp³-hybridized carbons (Fsp3) is 0. The molecule has 0 atom stereocenters. The van der Waals surface area contributed by atoms with Crippen LogP contribution in [0.15, 0.2) is 36.4 Å². The average molecular weight is 311 g/mol. The summed E-state index contributed by atoms with van der Waals surface area (Å²) in [6, 6.07) is 11.4. The van der Waals surface area contributed by atoms with Gasteiger partial charge in [0.1, 0.15) is 0 Å². The molecule has 3 nitrogen and oxygen atoms in total. The molecule has 0 saturated heterocycles. The second-order valence-electron chi connectivity index (χ2n) is 3.84. The van der Waals surface area contributed by atoms with Gasteiger partial charge in [0.2, 0.25) is 10.6 Å². The summed E-state index contributed by atoms with van der Waals surface area (Å²) in [5.41, 5.74) is 0.811. The maximum atomic E-state index is 6.17. The van der Waals surface area contributed by atoms with E-state index in [0.717, 1.165) is 16.3 Å². The lowest BCUT2D eigenvalue weighted by atomic mass is 10.0. The van der Waals surface area contributed by atoms with E-state index in [1.165, 1.54) is 0 Å². The summed E-state index contributed by atoms with van der Waals surface area (Å²) in [7, 11) is 0. The number of hydrogen-bond donors (Lipinski definition) is 0. The van der Waals surface area contributed by atoms with Crippen molar-refractivity contribution in [2.75, 3.05) is 0 Å². The van der Waals surface area contributed by atoms with Gasteiger partial charge in [-0.3, -0.25) is 0 Å². The second-order valence-corrected chi connectivity index (χ2v) is 4.92. The number of halogens is 3. The zero-order valence-electron chi connectivity index (χ0n) is 9.44. The van der Waals surface area contributed by atoms with Crippen molar-refractivity contribution in [1.29, 1.82) is 0 Å². The molecule has 0 fully saturated rings. The molecule has 2 aromatic carbocycles. The molecule has 0 aliphatic heterocycles. The van der Waals surface area contributed by atoms with E-state index in [1.807, 2.05) is 30.3 Å². The van der Waals surface area contributed by atoms with Crippen LogP contribution in [0, 0.1) is 0 Å². The summed E-state index contributed by atoms with van der Waals surface area (Å²) in [5.74, 6) is 0.429. The minimum Gasteiger partial charge on any atom is -0.198 e. The molecule has 0 amide bonds. The molecule has 3 aromatic rings.